The van der Waals surface area contributed by atoms with Crippen LogP contribution in [-0.2, 0) is 6.42 Å². The molecule has 5 nitrogen and oxygen atoms in total. The molecule has 1 aliphatic heterocycles. The summed E-state index contributed by atoms with van der Waals surface area (Å²) >= 11 is 0. The largest absolute Gasteiger partial charge is 0.385 e. The third kappa shape index (κ3) is 6.50. The third-order valence-corrected chi connectivity index (χ3v) is 6.83. The summed E-state index contributed by atoms with van der Waals surface area (Å²) < 4.78 is 0. The molecule has 184 valence electrons. The molecule has 0 bridgehead atoms. The van der Waals surface area contributed by atoms with Gasteiger partial charge >= 0.3 is 0 Å². The lowest BCUT2D eigenvalue weighted by molar-refractivity contribution is 0.0773. The molecule has 1 fully saturated rings. The van der Waals surface area contributed by atoms with E-state index in [1.54, 1.807) is 0 Å². The van der Waals surface area contributed by atoms with Crippen LogP contribution in [0.15, 0.2) is 78.9 Å². The highest BCUT2D eigenvalue weighted by Gasteiger charge is 2.24. The van der Waals surface area contributed by atoms with Crippen molar-refractivity contribution in [2.75, 3.05) is 51.1 Å². The van der Waals surface area contributed by atoms with E-state index in [0.717, 1.165) is 63.5 Å². The molecule has 4 rings (SSSR count). The van der Waals surface area contributed by atoms with E-state index in [4.69, 9.17) is 0 Å². The Morgan fingerprint density at radius 1 is 0.914 bits per heavy atom. The minimum absolute atomic E-state index is 0.102. The van der Waals surface area contributed by atoms with Crippen LogP contribution in [0, 0.1) is 0 Å². The number of hydrogen-bond donors (Lipinski definition) is 2. The van der Waals surface area contributed by atoms with Gasteiger partial charge in [-0.2, -0.15) is 0 Å². The summed E-state index contributed by atoms with van der Waals surface area (Å²) in [5.41, 5.74) is 5.75. The number of hydrogen-bond acceptors (Lipinski definition) is 4. The molecule has 1 amide bonds. The molecule has 0 saturated carbocycles. The maximum atomic E-state index is 12.8. The van der Waals surface area contributed by atoms with Gasteiger partial charge in [0.25, 0.3) is 5.91 Å². The smallest absolute Gasteiger partial charge is 0.253 e. The lowest BCUT2D eigenvalue weighted by Gasteiger charge is -2.36. The van der Waals surface area contributed by atoms with Crippen molar-refractivity contribution in [1.29, 1.82) is 0 Å². The van der Waals surface area contributed by atoms with Gasteiger partial charge in [0.2, 0.25) is 0 Å². The maximum Gasteiger partial charge on any atom is 0.253 e. The van der Waals surface area contributed by atoms with E-state index in [2.05, 4.69) is 82.3 Å². The van der Waals surface area contributed by atoms with Crippen molar-refractivity contribution < 1.29 is 4.79 Å². The van der Waals surface area contributed by atoms with Gasteiger partial charge in [0, 0.05) is 57.1 Å². The normalized spacial score (nSPS) is 14.9. The van der Waals surface area contributed by atoms with Crippen molar-refractivity contribution in [3.05, 3.63) is 101 Å². The van der Waals surface area contributed by atoms with Crippen molar-refractivity contribution >= 4 is 11.6 Å². The van der Waals surface area contributed by atoms with Gasteiger partial charge in [0.1, 0.15) is 0 Å². The number of nitrogens with zero attached hydrogens (tertiary/aromatic N) is 2. The number of benzene rings is 3. The van der Waals surface area contributed by atoms with E-state index in [-0.39, 0.29) is 11.9 Å². The number of nitrogens with one attached hydrogen (secondary N) is 2. The predicted octanol–water partition coefficient (Wildman–Crippen LogP) is 4.82. The fraction of sp³-hybridized carbons (Fsp3) is 0.367. The van der Waals surface area contributed by atoms with E-state index < -0.39 is 0 Å². The Morgan fingerprint density at radius 3 is 2.31 bits per heavy atom. The number of carbonyl (C=O) groups excluding carboxylic acids is 1. The van der Waals surface area contributed by atoms with Crippen LogP contribution in [0.4, 0.5) is 5.69 Å². The summed E-state index contributed by atoms with van der Waals surface area (Å²) in [6, 6.07) is 27.8. The molecular weight excluding hydrogens is 432 g/mol. The third-order valence-electron chi connectivity index (χ3n) is 6.83. The Labute approximate surface area is 210 Å². The molecule has 2 N–H and O–H groups in total. The first kappa shape index (κ1) is 25.0. The Kier molecular flexibility index (Phi) is 8.93. The highest BCUT2D eigenvalue weighted by molar-refractivity contribution is 5.94. The summed E-state index contributed by atoms with van der Waals surface area (Å²) in [6.45, 7) is 10.4. The second-order valence-corrected chi connectivity index (χ2v) is 9.08. The minimum Gasteiger partial charge on any atom is -0.385 e. The molecule has 0 radical (unpaired) electrons. The molecular formula is C30H38N4O. The quantitative estimate of drug-likeness (QED) is 0.446. The van der Waals surface area contributed by atoms with Gasteiger partial charge in [-0.15, -0.1) is 0 Å². The van der Waals surface area contributed by atoms with E-state index in [1.807, 2.05) is 30.9 Å². The zero-order valence-electron chi connectivity index (χ0n) is 21.0. The van der Waals surface area contributed by atoms with Crippen molar-refractivity contribution in [3.63, 3.8) is 0 Å². The van der Waals surface area contributed by atoms with Crippen LogP contribution < -0.4 is 10.6 Å². The first-order valence-electron chi connectivity index (χ1n) is 12.9. The Morgan fingerprint density at radius 2 is 1.63 bits per heavy atom. The molecule has 1 atom stereocenters. The lowest BCUT2D eigenvalue weighted by atomic mass is 9.95. The summed E-state index contributed by atoms with van der Waals surface area (Å²) in [7, 11) is 0. The van der Waals surface area contributed by atoms with E-state index in [0.29, 0.717) is 0 Å². The lowest BCUT2D eigenvalue weighted by Crippen LogP contribution is -2.45. The highest BCUT2D eigenvalue weighted by Crippen LogP contribution is 2.31. The number of carbonyl (C=O) groups is 1. The molecule has 3 aromatic rings. The van der Waals surface area contributed by atoms with E-state index in [9.17, 15) is 4.79 Å². The van der Waals surface area contributed by atoms with Crippen LogP contribution in [0.2, 0.25) is 0 Å². The predicted molar refractivity (Wildman–Crippen MR) is 145 cm³/mol. The zero-order chi connectivity index (χ0) is 24.5. The summed E-state index contributed by atoms with van der Waals surface area (Å²) in [6.07, 6.45) is 0.994. The second kappa shape index (κ2) is 12.5. The Bertz CT molecular complexity index is 1060. The van der Waals surface area contributed by atoms with Crippen LogP contribution in [0.5, 0.6) is 0 Å². The minimum atomic E-state index is 0.102. The van der Waals surface area contributed by atoms with Gasteiger partial charge in [-0.1, -0.05) is 54.6 Å². The van der Waals surface area contributed by atoms with Crippen LogP contribution in [0.1, 0.15) is 46.9 Å². The SMILES string of the molecule is CCN(CC)C(=O)c1ccc([C@H](c2cccc(NCCc3ccccc3)c2)N2CCNCC2)cc1. The van der Waals surface area contributed by atoms with E-state index >= 15 is 0 Å². The molecule has 0 unspecified atom stereocenters. The number of amides is 1. The van der Waals surface area contributed by atoms with Gasteiger partial charge in [-0.3, -0.25) is 9.69 Å². The van der Waals surface area contributed by atoms with Crippen molar-refractivity contribution in [2.45, 2.75) is 26.3 Å². The van der Waals surface area contributed by atoms with Crippen molar-refractivity contribution in [1.82, 2.24) is 15.1 Å². The zero-order valence-corrected chi connectivity index (χ0v) is 21.0. The Hall–Kier alpha value is -3.15. The number of anilines is 1. The van der Waals surface area contributed by atoms with Crippen molar-refractivity contribution in [2.24, 2.45) is 0 Å². The van der Waals surface area contributed by atoms with Gasteiger partial charge < -0.3 is 15.5 Å². The molecule has 1 saturated heterocycles. The molecule has 35 heavy (non-hydrogen) atoms. The van der Waals surface area contributed by atoms with Crippen LogP contribution >= 0.6 is 0 Å². The van der Waals surface area contributed by atoms with Crippen molar-refractivity contribution in [3.8, 4) is 0 Å². The van der Waals surface area contributed by atoms with Crippen LogP contribution in [0.3, 0.4) is 0 Å². The molecule has 0 aromatic heterocycles. The summed E-state index contributed by atoms with van der Waals surface area (Å²) in [5, 5.41) is 7.08. The first-order chi connectivity index (χ1) is 17.2. The molecule has 0 spiro atoms. The number of rotatable bonds is 10. The summed E-state index contributed by atoms with van der Waals surface area (Å²) in [5.74, 6) is 0.102. The monoisotopic (exact) mass is 470 g/mol. The topological polar surface area (TPSA) is 47.6 Å². The summed E-state index contributed by atoms with van der Waals surface area (Å²) in [4.78, 5) is 17.2. The first-order valence-corrected chi connectivity index (χ1v) is 12.9. The standard InChI is InChI=1S/C30H38N4O/c1-3-33(4-2)30(35)26-15-13-25(14-16-26)29(34-21-19-31-20-22-34)27-11-8-12-28(23-27)32-18-17-24-9-6-5-7-10-24/h5-16,23,29,31-32H,3-4,17-22H2,1-2H3/t29-/m1/s1. The molecule has 5 heteroatoms. The van der Waals surface area contributed by atoms with Crippen LogP contribution in [-0.4, -0.2) is 61.5 Å². The van der Waals surface area contributed by atoms with Crippen LogP contribution in [0.25, 0.3) is 0 Å². The average Bonchev–Trinajstić information content (AvgIpc) is 2.91. The molecule has 3 aromatic carbocycles. The fourth-order valence-electron chi connectivity index (χ4n) is 4.87. The molecule has 1 heterocycles. The molecule has 1 aliphatic rings. The molecule has 0 aliphatic carbocycles. The number of piperazine rings is 1. The van der Waals surface area contributed by atoms with E-state index in [1.165, 1.54) is 16.7 Å². The maximum absolute atomic E-state index is 12.8. The van der Waals surface area contributed by atoms with Gasteiger partial charge in [0.15, 0.2) is 0 Å². The van der Waals surface area contributed by atoms with Gasteiger partial charge in [0.05, 0.1) is 6.04 Å². The highest BCUT2D eigenvalue weighted by atomic mass is 16.2. The average molecular weight is 471 g/mol. The fourth-order valence-corrected chi connectivity index (χ4v) is 4.87. The van der Waals surface area contributed by atoms with Gasteiger partial charge in [-0.05, 0) is 61.2 Å². The Balaban J connectivity index is 1.54. The van der Waals surface area contributed by atoms with Gasteiger partial charge in [-0.25, -0.2) is 0 Å². The second-order valence-electron chi connectivity index (χ2n) is 9.08.